The average molecular weight is 346 g/mol. The first kappa shape index (κ1) is 17.5. The van der Waals surface area contributed by atoms with Crippen LogP contribution in [0.2, 0.25) is 0 Å². The number of nitrogens with zero attached hydrogens (tertiary/aromatic N) is 2. The monoisotopic (exact) mass is 345 g/mol. The number of benzene rings is 1. The highest BCUT2D eigenvalue weighted by Gasteiger charge is 2.18. The Hall–Kier alpha value is -1.30. The first-order valence-electron chi connectivity index (χ1n) is 8.92. The number of hydrogen-bond donors (Lipinski definition) is 2. The van der Waals surface area contributed by atoms with Gasteiger partial charge in [0.1, 0.15) is 0 Å². The molecule has 1 aliphatic heterocycles. The molecule has 2 heterocycles. The molecule has 4 nitrogen and oxygen atoms in total. The molecule has 1 unspecified atom stereocenters. The van der Waals surface area contributed by atoms with Gasteiger partial charge in [-0.1, -0.05) is 31.4 Å². The number of anilines is 1. The van der Waals surface area contributed by atoms with Gasteiger partial charge in [0.15, 0.2) is 0 Å². The molecule has 0 bridgehead atoms. The van der Waals surface area contributed by atoms with Gasteiger partial charge in [-0.3, -0.25) is 9.88 Å². The SMILES string of the molecule is CCCCSNc1ccc2nc(CN3CCCC(O)C3)ccc2c1. The number of aliphatic hydroxyl groups excluding tert-OH is 1. The maximum atomic E-state index is 9.79. The molecule has 0 spiro atoms. The van der Waals surface area contributed by atoms with Gasteiger partial charge in [0.2, 0.25) is 0 Å². The van der Waals surface area contributed by atoms with Crippen molar-refractivity contribution in [1.29, 1.82) is 0 Å². The summed E-state index contributed by atoms with van der Waals surface area (Å²) in [5, 5.41) is 11.0. The van der Waals surface area contributed by atoms with E-state index in [2.05, 4.69) is 46.9 Å². The summed E-state index contributed by atoms with van der Waals surface area (Å²) in [4.78, 5) is 7.08. The fourth-order valence-electron chi connectivity index (χ4n) is 3.07. The first-order valence-corrected chi connectivity index (χ1v) is 9.91. The van der Waals surface area contributed by atoms with Gasteiger partial charge < -0.3 is 9.83 Å². The van der Waals surface area contributed by atoms with Crippen LogP contribution >= 0.6 is 11.9 Å². The van der Waals surface area contributed by atoms with Crippen molar-refractivity contribution in [2.45, 2.75) is 45.3 Å². The fraction of sp³-hybridized carbons (Fsp3) is 0.526. The van der Waals surface area contributed by atoms with Gasteiger partial charge in [0, 0.05) is 29.9 Å². The summed E-state index contributed by atoms with van der Waals surface area (Å²) in [6.07, 6.45) is 4.28. The molecule has 1 aliphatic rings. The van der Waals surface area contributed by atoms with E-state index in [9.17, 15) is 5.11 Å². The fourth-order valence-corrected chi connectivity index (χ4v) is 3.90. The number of β-amino-alcohol motifs (C(OH)–C–C–N with tert-alkyl or cyclic N) is 1. The maximum Gasteiger partial charge on any atom is 0.0707 e. The second kappa shape index (κ2) is 8.70. The second-order valence-corrected chi connectivity index (χ2v) is 7.45. The van der Waals surface area contributed by atoms with E-state index in [0.717, 1.165) is 55.1 Å². The van der Waals surface area contributed by atoms with Gasteiger partial charge in [-0.2, -0.15) is 0 Å². The third-order valence-electron chi connectivity index (χ3n) is 4.40. The molecule has 130 valence electrons. The van der Waals surface area contributed by atoms with Gasteiger partial charge in [0.25, 0.3) is 0 Å². The molecular weight excluding hydrogens is 318 g/mol. The normalized spacial score (nSPS) is 18.8. The van der Waals surface area contributed by atoms with Crippen LogP contribution in [0.4, 0.5) is 5.69 Å². The Kier molecular flexibility index (Phi) is 6.35. The van der Waals surface area contributed by atoms with Gasteiger partial charge in [-0.15, -0.1) is 0 Å². The Balaban J connectivity index is 1.63. The minimum Gasteiger partial charge on any atom is -0.392 e. The molecule has 0 saturated carbocycles. The topological polar surface area (TPSA) is 48.4 Å². The first-order chi connectivity index (χ1) is 11.7. The summed E-state index contributed by atoms with van der Waals surface area (Å²) < 4.78 is 3.41. The number of unbranched alkanes of at least 4 members (excludes halogenated alkanes) is 1. The molecule has 0 amide bonds. The number of hydrogen-bond acceptors (Lipinski definition) is 5. The summed E-state index contributed by atoms with van der Waals surface area (Å²) in [5.74, 6) is 1.13. The zero-order valence-corrected chi connectivity index (χ0v) is 15.2. The lowest BCUT2D eigenvalue weighted by Gasteiger charge is -2.29. The molecule has 2 N–H and O–H groups in total. The summed E-state index contributed by atoms with van der Waals surface area (Å²) in [5.41, 5.74) is 3.25. The van der Waals surface area contributed by atoms with Crippen LogP contribution in [-0.2, 0) is 6.54 Å². The zero-order chi connectivity index (χ0) is 16.8. The Morgan fingerprint density at radius 1 is 1.33 bits per heavy atom. The average Bonchev–Trinajstić information content (AvgIpc) is 2.59. The smallest absolute Gasteiger partial charge is 0.0707 e. The van der Waals surface area contributed by atoms with Crippen molar-refractivity contribution in [2.75, 3.05) is 23.6 Å². The quantitative estimate of drug-likeness (QED) is 0.585. The minimum atomic E-state index is -0.182. The number of nitrogens with one attached hydrogen (secondary N) is 1. The van der Waals surface area contributed by atoms with Crippen molar-refractivity contribution in [3.8, 4) is 0 Å². The molecule has 2 aromatic rings. The summed E-state index contributed by atoms with van der Waals surface area (Å²) in [6.45, 7) is 4.84. The molecule has 1 saturated heterocycles. The summed E-state index contributed by atoms with van der Waals surface area (Å²) in [6, 6.07) is 10.6. The molecule has 3 rings (SSSR count). The van der Waals surface area contributed by atoms with E-state index in [1.54, 1.807) is 11.9 Å². The summed E-state index contributed by atoms with van der Waals surface area (Å²) >= 11 is 1.77. The Labute approximate surface area is 148 Å². The molecule has 24 heavy (non-hydrogen) atoms. The number of fused-ring (bicyclic) bond motifs is 1. The lowest BCUT2D eigenvalue weighted by molar-refractivity contribution is 0.0662. The van der Waals surface area contributed by atoms with E-state index in [1.807, 2.05) is 0 Å². The minimum absolute atomic E-state index is 0.182. The van der Waals surface area contributed by atoms with Crippen LogP contribution in [0.5, 0.6) is 0 Å². The van der Waals surface area contributed by atoms with Crippen LogP contribution in [0.25, 0.3) is 10.9 Å². The van der Waals surface area contributed by atoms with Crippen molar-refractivity contribution in [1.82, 2.24) is 9.88 Å². The summed E-state index contributed by atoms with van der Waals surface area (Å²) in [7, 11) is 0. The third-order valence-corrected chi connectivity index (χ3v) is 5.28. The second-order valence-electron chi connectivity index (χ2n) is 6.55. The van der Waals surface area contributed by atoms with E-state index in [0.29, 0.717) is 0 Å². The van der Waals surface area contributed by atoms with E-state index in [4.69, 9.17) is 4.98 Å². The van der Waals surface area contributed by atoms with Crippen molar-refractivity contribution in [3.05, 3.63) is 36.0 Å². The number of piperidine rings is 1. The lowest BCUT2D eigenvalue weighted by Crippen LogP contribution is -2.37. The van der Waals surface area contributed by atoms with Crippen LogP contribution in [0.15, 0.2) is 30.3 Å². The number of rotatable bonds is 7. The van der Waals surface area contributed by atoms with Crippen LogP contribution in [0.3, 0.4) is 0 Å². The Morgan fingerprint density at radius 3 is 3.08 bits per heavy atom. The highest BCUT2D eigenvalue weighted by molar-refractivity contribution is 8.00. The standard InChI is InChI=1S/C19H27N3OS/c1-2-3-11-24-21-16-8-9-19-15(12-16)6-7-17(20-19)13-22-10-4-5-18(23)14-22/h6-9,12,18,21,23H,2-5,10-11,13-14H2,1H3. The largest absolute Gasteiger partial charge is 0.392 e. The van der Waals surface area contributed by atoms with Crippen molar-refractivity contribution in [3.63, 3.8) is 0 Å². The van der Waals surface area contributed by atoms with Crippen LogP contribution in [-0.4, -0.2) is 39.9 Å². The van der Waals surface area contributed by atoms with Gasteiger partial charge >= 0.3 is 0 Å². The number of likely N-dealkylation sites (tertiary alicyclic amines) is 1. The molecule has 1 fully saturated rings. The van der Waals surface area contributed by atoms with Gasteiger partial charge in [0.05, 0.1) is 17.3 Å². The molecular formula is C19H27N3OS. The van der Waals surface area contributed by atoms with Crippen LogP contribution < -0.4 is 4.72 Å². The zero-order valence-electron chi connectivity index (χ0n) is 14.4. The Morgan fingerprint density at radius 2 is 2.25 bits per heavy atom. The maximum absolute atomic E-state index is 9.79. The van der Waals surface area contributed by atoms with Crippen molar-refractivity contribution in [2.24, 2.45) is 0 Å². The van der Waals surface area contributed by atoms with Gasteiger partial charge in [-0.25, -0.2) is 0 Å². The highest BCUT2D eigenvalue weighted by Crippen LogP contribution is 2.22. The van der Waals surface area contributed by atoms with E-state index in [1.165, 1.54) is 18.2 Å². The van der Waals surface area contributed by atoms with E-state index >= 15 is 0 Å². The lowest BCUT2D eigenvalue weighted by atomic mass is 10.1. The molecule has 1 aromatic carbocycles. The van der Waals surface area contributed by atoms with Gasteiger partial charge in [-0.05, 0) is 50.1 Å². The van der Waals surface area contributed by atoms with Crippen LogP contribution in [0.1, 0.15) is 38.3 Å². The number of aliphatic hydroxyl groups is 1. The molecule has 5 heteroatoms. The molecule has 1 aromatic heterocycles. The van der Waals surface area contributed by atoms with E-state index in [-0.39, 0.29) is 6.10 Å². The number of pyridine rings is 1. The molecule has 0 radical (unpaired) electrons. The third kappa shape index (κ3) is 4.85. The molecule has 1 atom stereocenters. The van der Waals surface area contributed by atoms with E-state index < -0.39 is 0 Å². The van der Waals surface area contributed by atoms with Crippen LogP contribution in [0, 0.1) is 0 Å². The number of aromatic nitrogens is 1. The predicted molar refractivity (Wildman–Crippen MR) is 103 cm³/mol. The predicted octanol–water partition coefficient (Wildman–Crippen LogP) is 4.05. The molecule has 0 aliphatic carbocycles. The highest BCUT2D eigenvalue weighted by atomic mass is 32.2. The van der Waals surface area contributed by atoms with Crippen molar-refractivity contribution < 1.29 is 5.11 Å². The Bertz CT molecular complexity index is 664. The van der Waals surface area contributed by atoms with Crippen molar-refractivity contribution >= 4 is 28.5 Å².